The Morgan fingerprint density at radius 2 is 2.10 bits per heavy atom. The molecular formula is C14H19FN2O3. The summed E-state index contributed by atoms with van der Waals surface area (Å²) < 4.78 is 17.9. The smallest absolute Gasteiger partial charge is 0.321 e. The van der Waals surface area contributed by atoms with Crippen molar-refractivity contribution in [1.29, 1.82) is 0 Å². The van der Waals surface area contributed by atoms with Gasteiger partial charge in [0.1, 0.15) is 11.6 Å². The van der Waals surface area contributed by atoms with Crippen LogP contribution in [0, 0.1) is 11.7 Å². The van der Waals surface area contributed by atoms with Gasteiger partial charge in [-0.05, 0) is 24.5 Å². The maximum absolute atomic E-state index is 12.9. The van der Waals surface area contributed by atoms with Crippen molar-refractivity contribution in [3.05, 3.63) is 30.1 Å². The lowest BCUT2D eigenvalue weighted by molar-refractivity contribution is -0.122. The zero-order chi connectivity index (χ0) is 15.0. The SMILES string of the molecule is CC(C)CCNC(=O)NC(=O)COc1cccc(F)c1. The first-order valence-corrected chi connectivity index (χ1v) is 6.43. The molecule has 0 aromatic heterocycles. The van der Waals surface area contributed by atoms with E-state index in [0.717, 1.165) is 12.5 Å². The number of halogens is 1. The summed E-state index contributed by atoms with van der Waals surface area (Å²) in [5.74, 6) is -0.326. The van der Waals surface area contributed by atoms with Crippen molar-refractivity contribution in [3.63, 3.8) is 0 Å². The summed E-state index contributed by atoms with van der Waals surface area (Å²) in [5, 5.41) is 4.70. The lowest BCUT2D eigenvalue weighted by Gasteiger charge is -2.09. The predicted octanol–water partition coefficient (Wildman–Crippen LogP) is 2.08. The van der Waals surface area contributed by atoms with Gasteiger partial charge in [-0.15, -0.1) is 0 Å². The Bertz CT molecular complexity index is 463. The molecule has 0 aliphatic heterocycles. The third-order valence-corrected chi connectivity index (χ3v) is 2.43. The second-order valence-corrected chi connectivity index (χ2v) is 4.73. The molecule has 5 nitrogen and oxygen atoms in total. The average molecular weight is 282 g/mol. The predicted molar refractivity (Wildman–Crippen MR) is 72.9 cm³/mol. The highest BCUT2D eigenvalue weighted by atomic mass is 19.1. The normalized spacial score (nSPS) is 10.2. The van der Waals surface area contributed by atoms with E-state index in [1.807, 2.05) is 13.8 Å². The largest absolute Gasteiger partial charge is 0.484 e. The molecule has 0 heterocycles. The number of hydrogen-bond acceptors (Lipinski definition) is 3. The van der Waals surface area contributed by atoms with Crippen LogP contribution in [0.5, 0.6) is 5.75 Å². The Hall–Kier alpha value is -2.11. The Balaban J connectivity index is 2.24. The first kappa shape index (κ1) is 15.9. The third kappa shape index (κ3) is 6.72. The van der Waals surface area contributed by atoms with Gasteiger partial charge in [0.15, 0.2) is 6.61 Å². The van der Waals surface area contributed by atoms with Crippen molar-refractivity contribution in [1.82, 2.24) is 10.6 Å². The molecule has 0 fully saturated rings. The number of urea groups is 1. The standard InChI is InChI=1S/C14H19FN2O3/c1-10(2)6-7-16-14(19)17-13(18)9-20-12-5-3-4-11(15)8-12/h3-5,8,10H,6-7,9H2,1-2H3,(H2,16,17,18,19). The van der Waals surface area contributed by atoms with Crippen molar-refractivity contribution in [2.75, 3.05) is 13.2 Å². The van der Waals surface area contributed by atoms with E-state index in [4.69, 9.17) is 4.74 Å². The topological polar surface area (TPSA) is 67.4 Å². The van der Waals surface area contributed by atoms with Gasteiger partial charge in [-0.3, -0.25) is 10.1 Å². The molecular weight excluding hydrogens is 263 g/mol. The summed E-state index contributed by atoms with van der Waals surface area (Å²) in [6.07, 6.45) is 0.835. The van der Waals surface area contributed by atoms with Crippen molar-refractivity contribution < 1.29 is 18.7 Å². The van der Waals surface area contributed by atoms with Crippen LogP contribution in [0.4, 0.5) is 9.18 Å². The van der Waals surface area contributed by atoms with E-state index in [1.165, 1.54) is 18.2 Å². The van der Waals surface area contributed by atoms with Crippen LogP contribution in [0.25, 0.3) is 0 Å². The lowest BCUT2D eigenvalue weighted by Crippen LogP contribution is -2.42. The average Bonchev–Trinajstić information content (AvgIpc) is 2.36. The number of imide groups is 1. The molecule has 1 rings (SSSR count). The molecule has 3 amide bonds. The minimum Gasteiger partial charge on any atom is -0.484 e. The van der Waals surface area contributed by atoms with Crippen molar-refractivity contribution >= 4 is 11.9 Å². The Morgan fingerprint density at radius 1 is 1.35 bits per heavy atom. The van der Waals surface area contributed by atoms with Crippen LogP contribution in [0.2, 0.25) is 0 Å². The molecule has 0 bridgehead atoms. The minimum absolute atomic E-state index is 0.236. The lowest BCUT2D eigenvalue weighted by atomic mass is 10.1. The number of ether oxygens (including phenoxy) is 1. The van der Waals surface area contributed by atoms with Crippen LogP contribution in [0.15, 0.2) is 24.3 Å². The zero-order valence-electron chi connectivity index (χ0n) is 11.6. The third-order valence-electron chi connectivity index (χ3n) is 2.43. The molecule has 1 aromatic carbocycles. The van der Waals surface area contributed by atoms with Gasteiger partial charge >= 0.3 is 6.03 Å². The first-order chi connectivity index (χ1) is 9.47. The summed E-state index contributed by atoms with van der Waals surface area (Å²) in [5.41, 5.74) is 0. The fourth-order valence-corrected chi connectivity index (χ4v) is 1.39. The van der Waals surface area contributed by atoms with Crippen LogP contribution in [-0.4, -0.2) is 25.1 Å². The highest BCUT2D eigenvalue weighted by Crippen LogP contribution is 2.11. The van der Waals surface area contributed by atoms with Gasteiger partial charge in [0.05, 0.1) is 0 Å². The van der Waals surface area contributed by atoms with Crippen molar-refractivity contribution in [3.8, 4) is 5.75 Å². The monoisotopic (exact) mass is 282 g/mol. The van der Waals surface area contributed by atoms with Gasteiger partial charge in [-0.25, -0.2) is 9.18 Å². The summed E-state index contributed by atoms with van der Waals surface area (Å²) in [4.78, 5) is 22.8. The molecule has 6 heteroatoms. The molecule has 0 saturated carbocycles. The molecule has 0 unspecified atom stereocenters. The van der Waals surface area contributed by atoms with Crippen molar-refractivity contribution in [2.45, 2.75) is 20.3 Å². The van der Waals surface area contributed by atoms with Crippen LogP contribution in [-0.2, 0) is 4.79 Å². The number of amides is 3. The van der Waals surface area contributed by atoms with E-state index in [1.54, 1.807) is 0 Å². The van der Waals surface area contributed by atoms with Gasteiger partial charge < -0.3 is 10.1 Å². The summed E-state index contributed by atoms with van der Waals surface area (Å²) >= 11 is 0. The van der Waals surface area contributed by atoms with Crippen LogP contribution in [0.1, 0.15) is 20.3 Å². The Labute approximate surface area is 117 Å². The van der Waals surface area contributed by atoms with Crippen LogP contribution < -0.4 is 15.4 Å². The van der Waals surface area contributed by atoms with E-state index < -0.39 is 17.8 Å². The van der Waals surface area contributed by atoms with Crippen molar-refractivity contribution in [2.24, 2.45) is 5.92 Å². The maximum atomic E-state index is 12.9. The van der Waals surface area contributed by atoms with E-state index in [-0.39, 0.29) is 12.4 Å². The van der Waals surface area contributed by atoms with Crippen LogP contribution >= 0.6 is 0 Å². The molecule has 0 saturated heterocycles. The minimum atomic E-state index is -0.587. The molecule has 1 aromatic rings. The summed E-state index contributed by atoms with van der Waals surface area (Å²) in [6, 6.07) is 4.88. The van der Waals surface area contributed by atoms with E-state index in [0.29, 0.717) is 12.5 Å². The Morgan fingerprint density at radius 3 is 2.75 bits per heavy atom. The molecule has 0 atom stereocenters. The highest BCUT2D eigenvalue weighted by Gasteiger charge is 2.08. The molecule has 0 aliphatic carbocycles. The summed E-state index contributed by atoms with van der Waals surface area (Å²) in [6.45, 7) is 4.23. The second-order valence-electron chi connectivity index (χ2n) is 4.73. The number of carbonyl (C=O) groups excluding carboxylic acids is 2. The maximum Gasteiger partial charge on any atom is 0.321 e. The Kier molecular flexibility index (Phi) is 6.49. The van der Waals surface area contributed by atoms with Gasteiger partial charge in [0.2, 0.25) is 0 Å². The van der Waals surface area contributed by atoms with Gasteiger partial charge in [-0.1, -0.05) is 19.9 Å². The number of rotatable bonds is 6. The number of benzene rings is 1. The van der Waals surface area contributed by atoms with E-state index in [2.05, 4.69) is 10.6 Å². The number of hydrogen-bond donors (Lipinski definition) is 2. The van der Waals surface area contributed by atoms with Gasteiger partial charge in [0.25, 0.3) is 5.91 Å². The molecule has 0 aliphatic rings. The quantitative estimate of drug-likeness (QED) is 0.839. The second kappa shape index (κ2) is 8.14. The molecule has 0 spiro atoms. The first-order valence-electron chi connectivity index (χ1n) is 6.43. The van der Waals surface area contributed by atoms with E-state index >= 15 is 0 Å². The molecule has 0 radical (unpaired) electrons. The number of nitrogens with one attached hydrogen (secondary N) is 2. The van der Waals surface area contributed by atoms with E-state index in [9.17, 15) is 14.0 Å². The van der Waals surface area contributed by atoms with Gasteiger partial charge in [-0.2, -0.15) is 0 Å². The molecule has 110 valence electrons. The van der Waals surface area contributed by atoms with Gasteiger partial charge in [0, 0.05) is 12.6 Å². The van der Waals surface area contributed by atoms with Crippen LogP contribution in [0.3, 0.4) is 0 Å². The fraction of sp³-hybridized carbons (Fsp3) is 0.429. The number of carbonyl (C=O) groups is 2. The molecule has 20 heavy (non-hydrogen) atoms. The molecule has 2 N–H and O–H groups in total. The highest BCUT2D eigenvalue weighted by molar-refractivity contribution is 5.94. The summed E-state index contributed by atoms with van der Waals surface area (Å²) in [7, 11) is 0. The fourth-order valence-electron chi connectivity index (χ4n) is 1.39. The zero-order valence-corrected chi connectivity index (χ0v) is 11.6.